The Morgan fingerprint density at radius 1 is 0.590 bits per heavy atom. The summed E-state index contributed by atoms with van der Waals surface area (Å²) in [6, 6.07) is 44.0. The van der Waals surface area contributed by atoms with Crippen molar-refractivity contribution in [1.82, 2.24) is 0 Å². The summed E-state index contributed by atoms with van der Waals surface area (Å²) in [4.78, 5) is 0. The fourth-order valence-corrected chi connectivity index (χ4v) is 9.68. The molecular formula is C33H29Cl2NO2P+. The lowest BCUT2D eigenvalue weighted by atomic mass is 10.2. The summed E-state index contributed by atoms with van der Waals surface area (Å²) in [5.74, 6) is 1.45. The van der Waals surface area contributed by atoms with E-state index in [2.05, 4.69) is 102 Å². The first kappa shape index (κ1) is 27.1. The van der Waals surface area contributed by atoms with E-state index in [4.69, 9.17) is 32.7 Å². The van der Waals surface area contributed by atoms with E-state index in [1.807, 2.05) is 30.3 Å². The van der Waals surface area contributed by atoms with Gasteiger partial charge in [0, 0.05) is 6.07 Å². The number of nitrogens with zero attached hydrogens (tertiary/aromatic N) is 1. The maximum atomic E-state index is 6.52. The Labute approximate surface area is 240 Å². The number of anilines is 1. The predicted octanol–water partition coefficient (Wildman–Crippen LogP) is 7.93. The smallest absolute Gasteiger partial charge is 0.202 e. The average Bonchev–Trinajstić information content (AvgIpc) is 3.00. The molecule has 0 atom stereocenters. The molecule has 0 radical (unpaired) electrons. The second-order valence-corrected chi connectivity index (χ2v) is 13.1. The molecule has 196 valence electrons. The molecule has 0 aliphatic rings. The third-order valence-electron chi connectivity index (χ3n) is 6.73. The zero-order chi connectivity index (χ0) is 27.2. The third kappa shape index (κ3) is 5.36. The zero-order valence-corrected chi connectivity index (χ0v) is 24.2. The Balaban J connectivity index is 1.89. The van der Waals surface area contributed by atoms with Gasteiger partial charge in [-0.05, 0) is 66.2 Å². The quantitative estimate of drug-likeness (QED) is 0.167. The maximum absolute atomic E-state index is 6.52. The molecule has 5 aromatic rings. The number of halogens is 2. The van der Waals surface area contributed by atoms with Crippen LogP contribution in [0, 0.1) is 0 Å². The topological polar surface area (TPSA) is 21.7 Å². The molecule has 3 nitrogen and oxygen atoms in total. The van der Waals surface area contributed by atoms with Crippen molar-refractivity contribution in [2.75, 3.05) is 18.9 Å². The molecule has 6 heteroatoms. The Morgan fingerprint density at radius 2 is 1.13 bits per heavy atom. The van der Waals surface area contributed by atoms with Crippen molar-refractivity contribution >= 4 is 52.2 Å². The third-order valence-corrected chi connectivity index (χ3v) is 11.7. The number of hydrogen-bond donors (Lipinski definition) is 0. The first-order valence-corrected chi connectivity index (χ1v) is 15.1. The van der Waals surface area contributed by atoms with Gasteiger partial charge in [0.25, 0.3) is 0 Å². The number of benzene rings is 5. The number of hydrogen-bond acceptors (Lipinski definition) is 3. The number of ether oxygens (including phenoxy) is 2. The fourth-order valence-electron chi connectivity index (χ4n) is 4.96. The molecule has 0 spiro atoms. The van der Waals surface area contributed by atoms with Gasteiger partial charge in [0.05, 0.1) is 30.8 Å². The number of methoxy groups -OCH3 is 2. The van der Waals surface area contributed by atoms with Crippen LogP contribution >= 0.6 is 30.6 Å². The van der Waals surface area contributed by atoms with Crippen LogP contribution in [0.2, 0.25) is 10.0 Å². The van der Waals surface area contributed by atoms with Gasteiger partial charge in [0.2, 0.25) is 7.41 Å². The van der Waals surface area contributed by atoms with Gasteiger partial charge in [-0.25, -0.2) is 4.67 Å². The van der Waals surface area contributed by atoms with Gasteiger partial charge < -0.3 is 9.47 Å². The second kappa shape index (κ2) is 12.1. The fraction of sp³-hybridized carbons (Fsp3) is 0.0909. The summed E-state index contributed by atoms with van der Waals surface area (Å²) in [6.07, 6.45) is 0. The molecule has 0 amide bonds. The van der Waals surface area contributed by atoms with Gasteiger partial charge in [0.1, 0.15) is 33.1 Å². The summed E-state index contributed by atoms with van der Waals surface area (Å²) in [7, 11) is 0.857. The van der Waals surface area contributed by atoms with Crippen LogP contribution in [0.3, 0.4) is 0 Å². The van der Waals surface area contributed by atoms with Crippen molar-refractivity contribution in [2.45, 2.75) is 6.54 Å². The van der Waals surface area contributed by atoms with E-state index in [1.165, 1.54) is 15.9 Å². The standard InChI is InChI=1S/C33H29Cl2NO2P/c1-37-26-19-21-32(33(23-26)38-2)36(24-25-18-20-30(34)31(35)22-25)39(27-12-6-3-7-13-27,28-14-8-4-9-15-28)29-16-10-5-11-17-29/h3-23H,24H2,1-2H3/q+1. The molecule has 0 fully saturated rings. The van der Waals surface area contributed by atoms with Crippen LogP contribution < -0.4 is 30.1 Å². The van der Waals surface area contributed by atoms with E-state index in [1.54, 1.807) is 14.2 Å². The molecule has 0 N–H and O–H groups in total. The van der Waals surface area contributed by atoms with Crippen molar-refractivity contribution in [3.05, 3.63) is 143 Å². The first-order valence-electron chi connectivity index (χ1n) is 12.6. The molecular weight excluding hydrogens is 544 g/mol. The monoisotopic (exact) mass is 572 g/mol. The lowest BCUT2D eigenvalue weighted by Gasteiger charge is -2.39. The maximum Gasteiger partial charge on any atom is 0.202 e. The van der Waals surface area contributed by atoms with Crippen molar-refractivity contribution in [3.63, 3.8) is 0 Å². The first-order chi connectivity index (χ1) is 19.1. The zero-order valence-electron chi connectivity index (χ0n) is 21.8. The lowest BCUT2D eigenvalue weighted by molar-refractivity contribution is 0.395. The highest BCUT2D eigenvalue weighted by Crippen LogP contribution is 2.62. The average molecular weight is 573 g/mol. The van der Waals surface area contributed by atoms with E-state index >= 15 is 0 Å². The molecule has 0 bridgehead atoms. The molecule has 5 aromatic carbocycles. The molecule has 0 saturated heterocycles. The largest absolute Gasteiger partial charge is 0.497 e. The van der Waals surface area contributed by atoms with Crippen LogP contribution in [-0.2, 0) is 6.54 Å². The summed E-state index contributed by atoms with van der Waals surface area (Å²) in [6.45, 7) is 0.562. The van der Waals surface area contributed by atoms with Crippen molar-refractivity contribution in [3.8, 4) is 11.5 Å². The highest BCUT2D eigenvalue weighted by molar-refractivity contribution is 7.96. The van der Waals surface area contributed by atoms with Crippen LogP contribution in [-0.4, -0.2) is 14.2 Å². The molecule has 0 saturated carbocycles. The van der Waals surface area contributed by atoms with Gasteiger partial charge in [-0.15, -0.1) is 0 Å². The van der Waals surface area contributed by atoms with Crippen molar-refractivity contribution in [1.29, 1.82) is 0 Å². The SMILES string of the molecule is COc1ccc(N(Cc2ccc(Cl)c(Cl)c2)[P+](c2ccccc2)(c2ccccc2)c2ccccc2)c(OC)c1. The minimum absolute atomic E-state index is 0.527. The summed E-state index contributed by atoms with van der Waals surface area (Å²) < 4.78 is 14.0. The van der Waals surface area contributed by atoms with E-state index in [-0.39, 0.29) is 0 Å². The van der Waals surface area contributed by atoms with Gasteiger partial charge in [-0.2, -0.15) is 0 Å². The van der Waals surface area contributed by atoms with Crippen LogP contribution in [0.25, 0.3) is 0 Å². The lowest BCUT2D eigenvalue weighted by Crippen LogP contribution is -2.43. The van der Waals surface area contributed by atoms with E-state index in [9.17, 15) is 0 Å². The van der Waals surface area contributed by atoms with Gasteiger partial charge >= 0.3 is 0 Å². The normalized spacial score (nSPS) is 11.2. The second-order valence-electron chi connectivity index (χ2n) is 8.99. The van der Waals surface area contributed by atoms with E-state index < -0.39 is 7.41 Å². The Kier molecular flexibility index (Phi) is 8.43. The molecule has 0 heterocycles. The Hall–Kier alpha value is -3.49. The Morgan fingerprint density at radius 3 is 1.59 bits per heavy atom. The van der Waals surface area contributed by atoms with Gasteiger partial charge in [-0.1, -0.05) is 83.9 Å². The minimum Gasteiger partial charge on any atom is -0.497 e. The highest BCUT2D eigenvalue weighted by Gasteiger charge is 2.52. The molecule has 0 aliphatic carbocycles. The predicted molar refractivity (Wildman–Crippen MR) is 167 cm³/mol. The van der Waals surface area contributed by atoms with Gasteiger partial charge in [0.15, 0.2) is 0 Å². The molecule has 0 aromatic heterocycles. The molecule has 39 heavy (non-hydrogen) atoms. The van der Waals surface area contributed by atoms with Crippen LogP contribution in [0.1, 0.15) is 5.56 Å². The van der Waals surface area contributed by atoms with E-state index in [0.717, 1.165) is 22.7 Å². The van der Waals surface area contributed by atoms with E-state index in [0.29, 0.717) is 16.6 Å². The summed E-state index contributed by atoms with van der Waals surface area (Å²) >= 11 is 12.8. The molecule has 0 aliphatic heterocycles. The molecule has 5 rings (SSSR count). The highest BCUT2D eigenvalue weighted by atomic mass is 35.5. The van der Waals surface area contributed by atoms with Crippen LogP contribution in [0.15, 0.2) is 127 Å². The van der Waals surface area contributed by atoms with Crippen LogP contribution in [0.5, 0.6) is 11.5 Å². The van der Waals surface area contributed by atoms with Crippen molar-refractivity contribution in [2.24, 2.45) is 0 Å². The number of rotatable bonds is 9. The summed E-state index contributed by atoms with van der Waals surface area (Å²) in [5.41, 5.74) is 1.99. The Bertz CT molecular complexity index is 1440. The van der Waals surface area contributed by atoms with Gasteiger partial charge in [-0.3, -0.25) is 0 Å². The minimum atomic E-state index is -2.50. The van der Waals surface area contributed by atoms with Crippen LogP contribution in [0.4, 0.5) is 5.69 Å². The van der Waals surface area contributed by atoms with Crippen molar-refractivity contribution < 1.29 is 9.47 Å². The molecule has 0 unspecified atom stereocenters. The summed E-state index contributed by atoms with van der Waals surface area (Å²) in [5, 5.41) is 4.73.